The van der Waals surface area contributed by atoms with Gasteiger partial charge in [0.05, 0.1) is 6.42 Å². The predicted octanol–water partition coefficient (Wildman–Crippen LogP) is 3.40. The zero-order valence-corrected chi connectivity index (χ0v) is 12.4. The molecule has 3 heteroatoms. The van der Waals surface area contributed by atoms with Crippen molar-refractivity contribution in [2.24, 2.45) is 5.41 Å². The number of aliphatic carboxylic acids is 1. The molecule has 0 aromatic heterocycles. The van der Waals surface area contributed by atoms with Crippen molar-refractivity contribution in [3.05, 3.63) is 35.4 Å². The van der Waals surface area contributed by atoms with Crippen LogP contribution < -0.4 is 5.32 Å². The predicted molar refractivity (Wildman–Crippen MR) is 78.3 cm³/mol. The minimum absolute atomic E-state index is 0.0410. The lowest BCUT2D eigenvalue weighted by Crippen LogP contribution is -2.33. The summed E-state index contributed by atoms with van der Waals surface area (Å²) in [5, 5.41) is 12.3. The largest absolute Gasteiger partial charge is 0.481 e. The smallest absolute Gasteiger partial charge is 0.303 e. The topological polar surface area (TPSA) is 49.3 Å². The molecule has 0 aliphatic rings. The molecule has 0 amide bonds. The van der Waals surface area contributed by atoms with Crippen LogP contribution in [0.4, 0.5) is 0 Å². The quantitative estimate of drug-likeness (QED) is 0.792. The van der Waals surface area contributed by atoms with Gasteiger partial charge in [0.1, 0.15) is 0 Å². The Morgan fingerprint density at radius 2 is 1.89 bits per heavy atom. The maximum Gasteiger partial charge on any atom is 0.303 e. The molecule has 0 spiro atoms. The molecule has 106 valence electrons. The van der Waals surface area contributed by atoms with Crippen LogP contribution in [0.3, 0.4) is 0 Å². The van der Waals surface area contributed by atoms with E-state index in [1.807, 2.05) is 20.9 Å². The monoisotopic (exact) mass is 263 g/mol. The minimum atomic E-state index is -0.757. The number of carbonyl (C=O) groups is 1. The van der Waals surface area contributed by atoms with E-state index in [4.69, 9.17) is 5.11 Å². The fraction of sp³-hybridized carbons (Fsp3) is 0.562. The summed E-state index contributed by atoms with van der Waals surface area (Å²) in [4.78, 5) is 11.0. The molecule has 2 N–H and O–H groups in total. The highest BCUT2D eigenvalue weighted by Gasteiger charge is 2.31. The van der Waals surface area contributed by atoms with Gasteiger partial charge in [-0.05, 0) is 30.0 Å². The third kappa shape index (κ3) is 4.35. The van der Waals surface area contributed by atoms with Crippen LogP contribution in [0.2, 0.25) is 0 Å². The number of nitrogens with one attached hydrogen (secondary N) is 1. The van der Waals surface area contributed by atoms with E-state index in [0.717, 1.165) is 18.4 Å². The van der Waals surface area contributed by atoms with E-state index in [0.29, 0.717) is 0 Å². The van der Waals surface area contributed by atoms with E-state index >= 15 is 0 Å². The van der Waals surface area contributed by atoms with Gasteiger partial charge in [-0.15, -0.1) is 0 Å². The average molecular weight is 263 g/mol. The second-order valence-electron chi connectivity index (χ2n) is 5.77. The van der Waals surface area contributed by atoms with E-state index in [1.165, 1.54) is 5.56 Å². The van der Waals surface area contributed by atoms with Crippen LogP contribution in [0.1, 0.15) is 50.8 Å². The maximum atomic E-state index is 11.0. The Labute approximate surface area is 116 Å². The van der Waals surface area contributed by atoms with E-state index in [-0.39, 0.29) is 17.9 Å². The number of carboxylic acids is 1. The molecule has 0 heterocycles. The second-order valence-corrected chi connectivity index (χ2v) is 5.77. The first-order chi connectivity index (χ1) is 8.90. The summed E-state index contributed by atoms with van der Waals surface area (Å²) in [6, 6.07) is 8.53. The third-order valence-corrected chi connectivity index (χ3v) is 3.53. The van der Waals surface area contributed by atoms with Crippen LogP contribution in [0.5, 0.6) is 0 Å². The van der Waals surface area contributed by atoms with Crippen molar-refractivity contribution in [1.29, 1.82) is 0 Å². The number of benzene rings is 1. The standard InChI is InChI=1S/C16H25NO2/c1-5-6-12-7-9-13(10-8-12)15(17-4)16(2,3)11-14(18)19/h7-10,15,17H,5-6,11H2,1-4H3,(H,18,19). The molecule has 0 fully saturated rings. The highest BCUT2D eigenvalue weighted by molar-refractivity contribution is 5.67. The van der Waals surface area contributed by atoms with Crippen molar-refractivity contribution in [2.45, 2.75) is 46.1 Å². The number of aryl methyl sites for hydroxylation is 1. The third-order valence-electron chi connectivity index (χ3n) is 3.53. The molecule has 0 bridgehead atoms. The van der Waals surface area contributed by atoms with Gasteiger partial charge < -0.3 is 10.4 Å². The summed E-state index contributed by atoms with van der Waals surface area (Å²) < 4.78 is 0. The van der Waals surface area contributed by atoms with Crippen LogP contribution in [0, 0.1) is 5.41 Å². The Morgan fingerprint density at radius 1 is 1.32 bits per heavy atom. The summed E-state index contributed by atoms with van der Waals surface area (Å²) in [5.74, 6) is -0.757. The Kier molecular flexibility index (Phi) is 5.55. The summed E-state index contributed by atoms with van der Waals surface area (Å²) in [6.45, 7) is 6.14. The molecular weight excluding hydrogens is 238 g/mol. The Bertz CT molecular complexity index is 409. The van der Waals surface area contributed by atoms with Gasteiger partial charge in [0, 0.05) is 6.04 Å². The van der Waals surface area contributed by atoms with Crippen molar-refractivity contribution in [3.63, 3.8) is 0 Å². The lowest BCUT2D eigenvalue weighted by molar-refractivity contribution is -0.139. The van der Waals surface area contributed by atoms with Gasteiger partial charge in [0.2, 0.25) is 0 Å². The lowest BCUT2D eigenvalue weighted by Gasteiger charge is -2.33. The van der Waals surface area contributed by atoms with Crippen LogP contribution in [0.25, 0.3) is 0 Å². The molecule has 19 heavy (non-hydrogen) atoms. The first-order valence-corrected chi connectivity index (χ1v) is 6.88. The molecule has 1 unspecified atom stereocenters. The van der Waals surface area contributed by atoms with E-state index in [2.05, 4.69) is 36.5 Å². The van der Waals surface area contributed by atoms with Crippen molar-refractivity contribution in [2.75, 3.05) is 7.05 Å². The molecule has 1 aromatic carbocycles. The molecule has 1 rings (SSSR count). The molecule has 0 saturated heterocycles. The summed E-state index contributed by atoms with van der Waals surface area (Å²) in [7, 11) is 1.88. The fourth-order valence-electron chi connectivity index (χ4n) is 2.67. The van der Waals surface area contributed by atoms with Crippen LogP contribution in [-0.4, -0.2) is 18.1 Å². The van der Waals surface area contributed by atoms with Crippen molar-refractivity contribution < 1.29 is 9.90 Å². The first kappa shape index (κ1) is 15.7. The Morgan fingerprint density at radius 3 is 2.32 bits per heavy atom. The second kappa shape index (κ2) is 6.71. The zero-order chi connectivity index (χ0) is 14.5. The van der Waals surface area contributed by atoms with Crippen LogP contribution >= 0.6 is 0 Å². The van der Waals surface area contributed by atoms with Gasteiger partial charge in [-0.3, -0.25) is 4.79 Å². The minimum Gasteiger partial charge on any atom is -0.481 e. The van der Waals surface area contributed by atoms with E-state index in [9.17, 15) is 4.79 Å². The highest BCUT2D eigenvalue weighted by atomic mass is 16.4. The summed E-state index contributed by atoms with van der Waals surface area (Å²) >= 11 is 0. The molecule has 1 atom stereocenters. The van der Waals surface area contributed by atoms with Crippen molar-refractivity contribution >= 4 is 5.97 Å². The summed E-state index contributed by atoms with van der Waals surface area (Å²) in [6.07, 6.45) is 2.37. The van der Waals surface area contributed by atoms with Gasteiger partial charge in [0.15, 0.2) is 0 Å². The lowest BCUT2D eigenvalue weighted by atomic mass is 9.77. The Balaban J connectivity index is 2.93. The highest BCUT2D eigenvalue weighted by Crippen LogP contribution is 2.36. The summed E-state index contributed by atoms with van der Waals surface area (Å²) in [5.41, 5.74) is 2.15. The first-order valence-electron chi connectivity index (χ1n) is 6.88. The molecule has 0 saturated carbocycles. The molecular formula is C16H25NO2. The maximum absolute atomic E-state index is 11.0. The van der Waals surface area contributed by atoms with Gasteiger partial charge in [-0.1, -0.05) is 51.5 Å². The SMILES string of the molecule is CCCc1ccc(C(NC)C(C)(C)CC(=O)O)cc1. The van der Waals surface area contributed by atoms with Crippen LogP contribution in [0.15, 0.2) is 24.3 Å². The average Bonchev–Trinajstić information content (AvgIpc) is 2.30. The van der Waals surface area contributed by atoms with Gasteiger partial charge in [-0.2, -0.15) is 0 Å². The molecule has 0 aliphatic heterocycles. The van der Waals surface area contributed by atoms with Crippen molar-refractivity contribution in [3.8, 4) is 0 Å². The van der Waals surface area contributed by atoms with Gasteiger partial charge in [0.25, 0.3) is 0 Å². The molecule has 3 nitrogen and oxygen atoms in total. The number of rotatable bonds is 7. The van der Waals surface area contributed by atoms with Crippen molar-refractivity contribution in [1.82, 2.24) is 5.32 Å². The Hall–Kier alpha value is -1.35. The number of carboxylic acid groups (broad SMARTS) is 1. The fourth-order valence-corrected chi connectivity index (χ4v) is 2.67. The van der Waals surface area contributed by atoms with E-state index < -0.39 is 5.97 Å². The normalized spacial score (nSPS) is 13.3. The molecule has 0 aliphatic carbocycles. The number of hydrogen-bond acceptors (Lipinski definition) is 2. The van der Waals surface area contributed by atoms with Gasteiger partial charge >= 0.3 is 5.97 Å². The van der Waals surface area contributed by atoms with Gasteiger partial charge in [-0.25, -0.2) is 0 Å². The number of hydrogen-bond donors (Lipinski definition) is 2. The van der Waals surface area contributed by atoms with Crippen LogP contribution in [-0.2, 0) is 11.2 Å². The molecule has 0 radical (unpaired) electrons. The zero-order valence-electron chi connectivity index (χ0n) is 12.4. The van der Waals surface area contributed by atoms with E-state index in [1.54, 1.807) is 0 Å². The molecule has 1 aromatic rings.